The number of carbonyl (C=O) groups is 1. The third kappa shape index (κ3) is 2.79. The van der Waals surface area contributed by atoms with Crippen LogP contribution in [-0.2, 0) is 4.79 Å². The van der Waals surface area contributed by atoms with Crippen LogP contribution in [0.15, 0.2) is 30.9 Å². The van der Waals surface area contributed by atoms with Crippen molar-refractivity contribution in [3.63, 3.8) is 0 Å². The first-order valence-electron chi connectivity index (χ1n) is 8.21. The first-order chi connectivity index (χ1) is 11.6. The van der Waals surface area contributed by atoms with Gasteiger partial charge in [0.25, 0.3) is 0 Å². The first kappa shape index (κ1) is 15.2. The van der Waals surface area contributed by atoms with E-state index in [1.54, 1.807) is 11.0 Å². The van der Waals surface area contributed by atoms with Crippen molar-refractivity contribution in [3.05, 3.63) is 48.1 Å². The molecule has 2 aliphatic rings. The van der Waals surface area contributed by atoms with Crippen LogP contribution in [0, 0.1) is 17.6 Å². The van der Waals surface area contributed by atoms with Gasteiger partial charge in [0.2, 0.25) is 5.91 Å². The summed E-state index contributed by atoms with van der Waals surface area (Å²) in [4.78, 5) is 18.5. The Morgan fingerprint density at radius 2 is 2.17 bits per heavy atom. The minimum atomic E-state index is -0.464. The van der Waals surface area contributed by atoms with Crippen LogP contribution in [0.25, 0.3) is 0 Å². The summed E-state index contributed by atoms with van der Waals surface area (Å²) in [6.07, 6.45) is 5.61. The van der Waals surface area contributed by atoms with E-state index in [1.165, 1.54) is 12.4 Å². The van der Waals surface area contributed by atoms with Crippen molar-refractivity contribution >= 4 is 5.91 Å². The second kappa shape index (κ2) is 5.96. The molecule has 7 heteroatoms. The van der Waals surface area contributed by atoms with Gasteiger partial charge in [0, 0.05) is 19.0 Å². The zero-order valence-electron chi connectivity index (χ0n) is 13.1. The molecule has 3 atom stereocenters. The molecule has 0 bridgehead atoms. The second-order valence-corrected chi connectivity index (χ2v) is 6.57. The van der Waals surface area contributed by atoms with Gasteiger partial charge in [-0.05, 0) is 48.9 Å². The minimum Gasteiger partial charge on any atom is -0.340 e. The fourth-order valence-electron chi connectivity index (χ4n) is 3.62. The van der Waals surface area contributed by atoms with Gasteiger partial charge in [-0.25, -0.2) is 18.4 Å². The van der Waals surface area contributed by atoms with Crippen LogP contribution in [0.2, 0.25) is 0 Å². The third-order valence-corrected chi connectivity index (χ3v) is 4.98. The van der Waals surface area contributed by atoms with E-state index in [0.717, 1.165) is 25.0 Å². The summed E-state index contributed by atoms with van der Waals surface area (Å²) in [6, 6.07) is 3.58. The molecule has 0 unspecified atom stereocenters. The van der Waals surface area contributed by atoms with Crippen LogP contribution in [-0.4, -0.2) is 38.7 Å². The van der Waals surface area contributed by atoms with E-state index < -0.39 is 11.6 Å². The SMILES string of the molecule is O=C([C@@H]1C[C@@H]1c1cc(F)ccc1F)N1CCC[C@H](n2cncn2)C1. The lowest BCUT2D eigenvalue weighted by atomic mass is 10.0. The molecule has 24 heavy (non-hydrogen) atoms. The summed E-state index contributed by atoms with van der Waals surface area (Å²) in [5.74, 6) is -1.31. The summed E-state index contributed by atoms with van der Waals surface area (Å²) in [5.41, 5.74) is 0.318. The molecule has 1 aliphatic heterocycles. The smallest absolute Gasteiger partial charge is 0.226 e. The number of amides is 1. The molecule has 126 valence electrons. The number of rotatable bonds is 3. The predicted octanol–water partition coefficient (Wildman–Crippen LogP) is 2.52. The quantitative estimate of drug-likeness (QED) is 0.868. The van der Waals surface area contributed by atoms with E-state index in [4.69, 9.17) is 0 Å². The van der Waals surface area contributed by atoms with Gasteiger partial charge < -0.3 is 4.90 Å². The Labute approximate surface area is 138 Å². The van der Waals surface area contributed by atoms with Gasteiger partial charge in [0.15, 0.2) is 0 Å². The third-order valence-electron chi connectivity index (χ3n) is 4.98. The molecule has 1 aromatic carbocycles. The Balaban J connectivity index is 1.44. The summed E-state index contributed by atoms with van der Waals surface area (Å²) in [7, 11) is 0. The van der Waals surface area contributed by atoms with Crippen molar-refractivity contribution in [2.75, 3.05) is 13.1 Å². The first-order valence-corrected chi connectivity index (χ1v) is 8.21. The van der Waals surface area contributed by atoms with Crippen LogP contribution in [0.5, 0.6) is 0 Å². The largest absolute Gasteiger partial charge is 0.340 e. The van der Waals surface area contributed by atoms with Crippen LogP contribution in [0.1, 0.15) is 36.8 Å². The van der Waals surface area contributed by atoms with Crippen LogP contribution in [0.3, 0.4) is 0 Å². The van der Waals surface area contributed by atoms with E-state index in [9.17, 15) is 13.6 Å². The van der Waals surface area contributed by atoms with E-state index in [-0.39, 0.29) is 23.8 Å². The van der Waals surface area contributed by atoms with Gasteiger partial charge in [-0.1, -0.05) is 0 Å². The molecule has 1 aliphatic carbocycles. The zero-order chi connectivity index (χ0) is 16.7. The Morgan fingerprint density at radius 1 is 1.29 bits per heavy atom. The van der Waals surface area contributed by atoms with E-state index >= 15 is 0 Å². The van der Waals surface area contributed by atoms with Crippen molar-refractivity contribution in [2.45, 2.75) is 31.2 Å². The molecule has 1 amide bonds. The number of hydrogen-bond acceptors (Lipinski definition) is 3. The van der Waals surface area contributed by atoms with Crippen LogP contribution >= 0.6 is 0 Å². The maximum atomic E-state index is 13.9. The Hall–Kier alpha value is -2.31. The van der Waals surface area contributed by atoms with Gasteiger partial charge in [0.05, 0.1) is 6.04 Å². The molecule has 2 heterocycles. The molecule has 0 radical (unpaired) electrons. The minimum absolute atomic E-state index is 0.0356. The Bertz CT molecular complexity index is 749. The average Bonchev–Trinajstić information content (AvgIpc) is 3.19. The number of carbonyl (C=O) groups excluding carboxylic acids is 1. The highest BCUT2D eigenvalue weighted by molar-refractivity contribution is 5.83. The molecule has 1 aromatic heterocycles. The number of likely N-dealkylation sites (tertiary alicyclic amines) is 1. The fourth-order valence-corrected chi connectivity index (χ4v) is 3.62. The highest BCUT2D eigenvalue weighted by Gasteiger charge is 2.47. The molecule has 0 spiro atoms. The lowest BCUT2D eigenvalue weighted by molar-refractivity contribution is -0.134. The van der Waals surface area contributed by atoms with Crippen LogP contribution < -0.4 is 0 Å². The second-order valence-electron chi connectivity index (χ2n) is 6.57. The van der Waals surface area contributed by atoms with Crippen LogP contribution in [0.4, 0.5) is 8.78 Å². The lowest BCUT2D eigenvalue weighted by Gasteiger charge is -2.32. The predicted molar refractivity (Wildman–Crippen MR) is 82.1 cm³/mol. The van der Waals surface area contributed by atoms with Gasteiger partial charge >= 0.3 is 0 Å². The van der Waals surface area contributed by atoms with Crippen molar-refractivity contribution in [3.8, 4) is 0 Å². The molecule has 2 fully saturated rings. The Kier molecular flexibility index (Phi) is 3.78. The molecular weight excluding hydrogens is 314 g/mol. The monoisotopic (exact) mass is 332 g/mol. The van der Waals surface area contributed by atoms with Gasteiger partial charge in [-0.2, -0.15) is 5.10 Å². The van der Waals surface area contributed by atoms with E-state index in [2.05, 4.69) is 10.1 Å². The van der Waals surface area contributed by atoms with Gasteiger partial charge in [-0.3, -0.25) is 4.79 Å². The highest BCUT2D eigenvalue weighted by atomic mass is 19.1. The summed E-state index contributed by atoms with van der Waals surface area (Å²) in [6.45, 7) is 1.30. The molecule has 1 saturated carbocycles. The number of piperidine rings is 1. The molecule has 1 saturated heterocycles. The van der Waals surface area contributed by atoms with Gasteiger partial charge in [0.1, 0.15) is 24.3 Å². The van der Waals surface area contributed by atoms with Crippen molar-refractivity contribution in [2.24, 2.45) is 5.92 Å². The van der Waals surface area contributed by atoms with Gasteiger partial charge in [-0.15, -0.1) is 0 Å². The molecule has 5 nitrogen and oxygen atoms in total. The normalized spacial score (nSPS) is 26.4. The topological polar surface area (TPSA) is 51.0 Å². The van der Waals surface area contributed by atoms with Crippen molar-refractivity contribution in [1.82, 2.24) is 19.7 Å². The maximum Gasteiger partial charge on any atom is 0.226 e. The lowest BCUT2D eigenvalue weighted by Crippen LogP contribution is -2.41. The zero-order valence-corrected chi connectivity index (χ0v) is 13.1. The van der Waals surface area contributed by atoms with E-state index in [1.807, 2.05) is 4.90 Å². The molecule has 4 rings (SSSR count). The Morgan fingerprint density at radius 3 is 2.96 bits per heavy atom. The van der Waals surface area contributed by atoms with E-state index in [0.29, 0.717) is 25.1 Å². The number of benzene rings is 1. The number of nitrogens with zero attached hydrogens (tertiary/aromatic N) is 4. The summed E-state index contributed by atoms with van der Waals surface area (Å²) >= 11 is 0. The average molecular weight is 332 g/mol. The number of aromatic nitrogens is 3. The van der Waals surface area contributed by atoms with Crippen molar-refractivity contribution in [1.29, 1.82) is 0 Å². The number of hydrogen-bond donors (Lipinski definition) is 0. The maximum absolute atomic E-state index is 13.9. The summed E-state index contributed by atoms with van der Waals surface area (Å²) < 4.78 is 29.0. The van der Waals surface area contributed by atoms with Crippen molar-refractivity contribution < 1.29 is 13.6 Å². The highest BCUT2D eigenvalue weighted by Crippen LogP contribution is 2.49. The summed E-state index contributed by atoms with van der Waals surface area (Å²) in [5, 5.41) is 4.15. The number of halogens is 2. The molecular formula is C17H18F2N4O. The molecule has 0 N–H and O–H groups in total. The fraction of sp³-hybridized carbons (Fsp3) is 0.471. The standard InChI is InChI=1S/C17H18F2N4O/c18-11-3-4-16(19)14(6-11)13-7-15(13)17(24)22-5-1-2-12(8-22)23-10-20-9-21-23/h3-4,6,9-10,12-13,15H,1-2,5,7-8H2/t12-,13+,15+/m0/s1. The molecule has 2 aromatic rings.